The predicted octanol–water partition coefficient (Wildman–Crippen LogP) is 3.09. The predicted molar refractivity (Wildman–Crippen MR) is 82.7 cm³/mol. The highest BCUT2D eigenvalue weighted by Crippen LogP contribution is 2.39. The Morgan fingerprint density at radius 1 is 1.10 bits per heavy atom. The van der Waals surface area contributed by atoms with Crippen LogP contribution < -0.4 is 0 Å². The Kier molecular flexibility index (Phi) is 5.12. The zero-order chi connectivity index (χ0) is 14.7. The zero-order valence-corrected chi connectivity index (χ0v) is 13.4. The fraction of sp³-hybridized carbons (Fsp3) is 0.938. The van der Waals surface area contributed by atoms with Crippen molar-refractivity contribution in [3.05, 3.63) is 0 Å². The highest BCUT2D eigenvalue weighted by atomic mass is 32.2. The van der Waals surface area contributed by atoms with Crippen LogP contribution in [0.25, 0.3) is 0 Å². The molecule has 21 heavy (non-hydrogen) atoms. The van der Waals surface area contributed by atoms with Gasteiger partial charge in [-0.25, -0.2) is 0 Å². The van der Waals surface area contributed by atoms with Gasteiger partial charge in [0.1, 0.15) is 0 Å². The molecule has 0 amide bonds. The first kappa shape index (κ1) is 15.6. The maximum atomic E-state index is 11.0. The summed E-state index contributed by atoms with van der Waals surface area (Å²) in [6.45, 7) is 0.819. The topological polar surface area (TPSA) is 55.8 Å². The van der Waals surface area contributed by atoms with Gasteiger partial charge in [-0.3, -0.25) is 4.79 Å². The summed E-state index contributed by atoms with van der Waals surface area (Å²) in [4.78, 5) is 11.0. The van der Waals surface area contributed by atoms with E-state index >= 15 is 0 Å². The number of hydrogen-bond acceptors (Lipinski definition) is 4. The minimum atomic E-state index is -0.641. The molecule has 120 valence electrons. The first-order valence-corrected chi connectivity index (χ1v) is 9.42. The molecule has 0 radical (unpaired) electrons. The van der Waals surface area contributed by atoms with Crippen molar-refractivity contribution in [2.45, 2.75) is 69.2 Å². The Morgan fingerprint density at radius 3 is 2.48 bits per heavy atom. The highest BCUT2D eigenvalue weighted by Gasteiger charge is 2.40. The summed E-state index contributed by atoms with van der Waals surface area (Å²) in [6.07, 6.45) is 8.25. The number of carboxylic acids is 1. The summed E-state index contributed by atoms with van der Waals surface area (Å²) in [6, 6.07) is 0. The van der Waals surface area contributed by atoms with Crippen molar-refractivity contribution in [1.82, 2.24) is 0 Å². The van der Waals surface area contributed by atoms with E-state index in [1.54, 1.807) is 0 Å². The van der Waals surface area contributed by atoms with Crippen LogP contribution in [0, 0.1) is 5.92 Å². The van der Waals surface area contributed by atoms with E-state index in [1.807, 2.05) is 11.8 Å². The molecule has 0 aromatic carbocycles. The lowest BCUT2D eigenvalue weighted by atomic mass is 9.85. The smallest absolute Gasteiger partial charge is 0.306 e. The Balaban J connectivity index is 1.48. The van der Waals surface area contributed by atoms with Crippen LogP contribution in [0.5, 0.6) is 0 Å². The van der Waals surface area contributed by atoms with Gasteiger partial charge in [0.2, 0.25) is 0 Å². The van der Waals surface area contributed by atoms with E-state index in [0.717, 1.165) is 58.0 Å². The molecule has 1 atom stereocenters. The van der Waals surface area contributed by atoms with Crippen LogP contribution in [0.15, 0.2) is 0 Å². The number of carbonyl (C=O) groups is 1. The third kappa shape index (κ3) is 3.93. The number of carboxylic acid groups (broad SMARTS) is 1. The SMILES string of the molecule is O=C(O)C1CCC(OC2CCOC3(CCSCC3)C2)CC1. The molecule has 0 aromatic heterocycles. The van der Waals surface area contributed by atoms with E-state index < -0.39 is 5.97 Å². The van der Waals surface area contributed by atoms with Gasteiger partial charge in [0.25, 0.3) is 0 Å². The molecule has 1 unspecified atom stereocenters. The first-order chi connectivity index (χ1) is 10.2. The standard InChI is InChI=1S/C16H26O4S/c17-15(18)12-1-3-13(4-2-12)20-14-5-8-19-16(11-14)6-9-21-10-7-16/h12-14H,1-11H2,(H,17,18). The maximum Gasteiger partial charge on any atom is 0.306 e. The van der Waals surface area contributed by atoms with Gasteiger partial charge in [-0.1, -0.05) is 0 Å². The van der Waals surface area contributed by atoms with Gasteiger partial charge in [0, 0.05) is 13.0 Å². The van der Waals surface area contributed by atoms with Crippen molar-refractivity contribution in [2.75, 3.05) is 18.1 Å². The van der Waals surface area contributed by atoms with Crippen molar-refractivity contribution in [3.63, 3.8) is 0 Å². The van der Waals surface area contributed by atoms with Gasteiger partial charge in [-0.15, -0.1) is 0 Å². The third-order valence-corrected chi connectivity index (χ3v) is 6.25. The molecule has 2 aliphatic heterocycles. The minimum Gasteiger partial charge on any atom is -0.481 e. The van der Waals surface area contributed by atoms with Crippen molar-refractivity contribution >= 4 is 17.7 Å². The van der Waals surface area contributed by atoms with Gasteiger partial charge in [-0.2, -0.15) is 11.8 Å². The summed E-state index contributed by atoms with van der Waals surface area (Å²) in [7, 11) is 0. The average Bonchev–Trinajstić information content (AvgIpc) is 2.49. The van der Waals surface area contributed by atoms with Crippen molar-refractivity contribution in [2.24, 2.45) is 5.92 Å². The van der Waals surface area contributed by atoms with Crippen molar-refractivity contribution in [3.8, 4) is 0 Å². The summed E-state index contributed by atoms with van der Waals surface area (Å²) < 4.78 is 12.4. The quantitative estimate of drug-likeness (QED) is 0.867. The van der Waals surface area contributed by atoms with E-state index in [2.05, 4.69) is 0 Å². The van der Waals surface area contributed by atoms with E-state index in [0.29, 0.717) is 6.10 Å². The number of aliphatic carboxylic acids is 1. The fourth-order valence-corrected chi connectivity index (χ4v) is 5.15. The fourth-order valence-electron chi connectivity index (χ4n) is 3.91. The normalized spacial score (nSPS) is 36.5. The second-order valence-electron chi connectivity index (χ2n) is 6.71. The Hall–Kier alpha value is -0.260. The van der Waals surface area contributed by atoms with Crippen LogP contribution in [-0.4, -0.2) is 47.0 Å². The molecule has 0 bridgehead atoms. The molecule has 0 aromatic rings. The van der Waals surface area contributed by atoms with Gasteiger partial charge in [-0.05, 0) is 56.5 Å². The van der Waals surface area contributed by atoms with Crippen LogP contribution in [0.4, 0.5) is 0 Å². The van der Waals surface area contributed by atoms with Crippen LogP contribution >= 0.6 is 11.8 Å². The second kappa shape index (κ2) is 6.88. The Labute approximate surface area is 131 Å². The third-order valence-electron chi connectivity index (χ3n) is 5.26. The van der Waals surface area contributed by atoms with E-state index in [9.17, 15) is 4.79 Å². The Morgan fingerprint density at radius 2 is 1.81 bits per heavy atom. The number of hydrogen-bond donors (Lipinski definition) is 1. The molecule has 3 aliphatic rings. The van der Waals surface area contributed by atoms with Gasteiger partial charge < -0.3 is 14.6 Å². The highest BCUT2D eigenvalue weighted by molar-refractivity contribution is 7.99. The summed E-state index contributed by atoms with van der Waals surface area (Å²) >= 11 is 2.03. The summed E-state index contributed by atoms with van der Waals surface area (Å²) in [5.74, 6) is 1.62. The van der Waals surface area contributed by atoms with Gasteiger partial charge in [0.15, 0.2) is 0 Å². The molecule has 5 heteroatoms. The van der Waals surface area contributed by atoms with E-state index in [4.69, 9.17) is 14.6 Å². The molecule has 1 spiro atoms. The number of rotatable bonds is 3. The average molecular weight is 314 g/mol. The van der Waals surface area contributed by atoms with Crippen LogP contribution in [0.3, 0.4) is 0 Å². The lowest BCUT2D eigenvalue weighted by Gasteiger charge is -2.44. The molecule has 1 N–H and O–H groups in total. The molecule has 2 heterocycles. The lowest BCUT2D eigenvalue weighted by molar-refractivity contribution is -0.158. The first-order valence-electron chi connectivity index (χ1n) is 8.27. The summed E-state index contributed by atoms with van der Waals surface area (Å²) in [5, 5.41) is 9.05. The molecule has 3 rings (SSSR count). The largest absolute Gasteiger partial charge is 0.481 e. The number of thioether (sulfide) groups is 1. The number of ether oxygens (including phenoxy) is 2. The van der Waals surface area contributed by atoms with Crippen molar-refractivity contribution in [1.29, 1.82) is 0 Å². The molecule has 4 nitrogen and oxygen atoms in total. The molecular formula is C16H26O4S. The van der Waals surface area contributed by atoms with Gasteiger partial charge in [0.05, 0.1) is 23.7 Å². The van der Waals surface area contributed by atoms with Crippen LogP contribution in [-0.2, 0) is 14.3 Å². The Bertz CT molecular complexity index is 354. The minimum absolute atomic E-state index is 0.0758. The molecule has 2 saturated heterocycles. The second-order valence-corrected chi connectivity index (χ2v) is 7.93. The molecular weight excluding hydrogens is 288 g/mol. The van der Waals surface area contributed by atoms with E-state index in [1.165, 1.54) is 11.5 Å². The zero-order valence-electron chi connectivity index (χ0n) is 12.6. The van der Waals surface area contributed by atoms with Crippen LogP contribution in [0.1, 0.15) is 51.4 Å². The van der Waals surface area contributed by atoms with Crippen LogP contribution in [0.2, 0.25) is 0 Å². The maximum absolute atomic E-state index is 11.0. The van der Waals surface area contributed by atoms with Gasteiger partial charge >= 0.3 is 5.97 Å². The lowest BCUT2D eigenvalue weighted by Crippen LogP contribution is -2.46. The molecule has 1 saturated carbocycles. The van der Waals surface area contributed by atoms with Crippen molar-refractivity contribution < 1.29 is 19.4 Å². The van der Waals surface area contributed by atoms with E-state index in [-0.39, 0.29) is 17.6 Å². The monoisotopic (exact) mass is 314 g/mol. The molecule has 1 aliphatic carbocycles. The summed E-state index contributed by atoms with van der Waals surface area (Å²) in [5.41, 5.74) is 0.0758. The molecule has 3 fully saturated rings.